The standard InChI is InChI=1S/C15H23NO3/c1-19-12-10-16(15(18)9-5-6-11-17)13-14-7-3-2-4-8-14/h2-4,7-8,17H,5-6,9-13H2,1H3. The van der Waals surface area contributed by atoms with Gasteiger partial charge >= 0.3 is 0 Å². The van der Waals surface area contributed by atoms with Crippen LogP contribution >= 0.6 is 0 Å². The molecule has 0 aliphatic heterocycles. The van der Waals surface area contributed by atoms with Crippen LogP contribution in [0.2, 0.25) is 0 Å². The first-order valence-corrected chi connectivity index (χ1v) is 6.69. The van der Waals surface area contributed by atoms with Crippen LogP contribution in [0.1, 0.15) is 24.8 Å². The number of amides is 1. The number of hydrogen-bond donors (Lipinski definition) is 1. The Hall–Kier alpha value is -1.39. The third-order valence-electron chi connectivity index (χ3n) is 2.93. The molecule has 0 atom stereocenters. The lowest BCUT2D eigenvalue weighted by molar-refractivity contribution is -0.132. The van der Waals surface area contributed by atoms with Crippen molar-refractivity contribution in [3.05, 3.63) is 35.9 Å². The maximum absolute atomic E-state index is 12.1. The summed E-state index contributed by atoms with van der Waals surface area (Å²) in [5.74, 6) is 0.120. The van der Waals surface area contributed by atoms with E-state index in [2.05, 4.69) is 0 Å². The third-order valence-corrected chi connectivity index (χ3v) is 2.93. The van der Waals surface area contributed by atoms with Crippen molar-refractivity contribution in [3.8, 4) is 0 Å². The van der Waals surface area contributed by atoms with E-state index in [1.165, 1.54) is 0 Å². The lowest BCUT2D eigenvalue weighted by Crippen LogP contribution is -2.33. The van der Waals surface area contributed by atoms with Gasteiger partial charge in [-0.1, -0.05) is 30.3 Å². The summed E-state index contributed by atoms with van der Waals surface area (Å²) >= 11 is 0. The predicted octanol–water partition coefficient (Wildman–Crippen LogP) is 1.82. The second-order valence-electron chi connectivity index (χ2n) is 4.47. The molecular weight excluding hydrogens is 242 g/mol. The molecule has 1 rings (SSSR count). The molecule has 1 aromatic carbocycles. The van der Waals surface area contributed by atoms with Crippen LogP contribution in [0.25, 0.3) is 0 Å². The summed E-state index contributed by atoms with van der Waals surface area (Å²) in [5.41, 5.74) is 1.12. The number of carbonyl (C=O) groups is 1. The fourth-order valence-corrected chi connectivity index (χ4v) is 1.84. The second-order valence-corrected chi connectivity index (χ2v) is 4.47. The Morgan fingerprint density at radius 1 is 1.26 bits per heavy atom. The molecular formula is C15H23NO3. The van der Waals surface area contributed by atoms with Crippen LogP contribution in [0, 0.1) is 0 Å². The summed E-state index contributed by atoms with van der Waals surface area (Å²) in [6.07, 6.45) is 1.89. The van der Waals surface area contributed by atoms with Gasteiger partial charge in [-0.25, -0.2) is 0 Å². The number of rotatable bonds is 9. The van der Waals surface area contributed by atoms with Crippen molar-refractivity contribution in [2.75, 3.05) is 26.9 Å². The maximum Gasteiger partial charge on any atom is 0.222 e. The molecule has 1 amide bonds. The number of nitrogens with zero attached hydrogens (tertiary/aromatic N) is 1. The molecule has 0 saturated carbocycles. The van der Waals surface area contributed by atoms with Crippen LogP contribution in [-0.4, -0.2) is 42.8 Å². The Balaban J connectivity index is 2.53. The molecule has 19 heavy (non-hydrogen) atoms. The largest absolute Gasteiger partial charge is 0.396 e. The highest BCUT2D eigenvalue weighted by Gasteiger charge is 2.13. The van der Waals surface area contributed by atoms with Gasteiger partial charge in [0.25, 0.3) is 0 Å². The lowest BCUT2D eigenvalue weighted by atomic mass is 10.2. The quantitative estimate of drug-likeness (QED) is 0.693. The van der Waals surface area contributed by atoms with Crippen molar-refractivity contribution >= 4 is 5.91 Å². The molecule has 4 nitrogen and oxygen atoms in total. The average molecular weight is 265 g/mol. The first kappa shape index (κ1) is 15.7. The zero-order valence-corrected chi connectivity index (χ0v) is 11.5. The lowest BCUT2D eigenvalue weighted by Gasteiger charge is -2.22. The van der Waals surface area contributed by atoms with Crippen molar-refractivity contribution in [2.24, 2.45) is 0 Å². The zero-order valence-electron chi connectivity index (χ0n) is 11.5. The van der Waals surface area contributed by atoms with Crippen molar-refractivity contribution in [1.29, 1.82) is 0 Å². The Labute approximate surface area is 115 Å². The molecule has 0 bridgehead atoms. The summed E-state index contributed by atoms with van der Waals surface area (Å²) in [6.45, 7) is 1.90. The number of unbranched alkanes of at least 4 members (excludes halogenated alkanes) is 1. The smallest absolute Gasteiger partial charge is 0.222 e. The minimum atomic E-state index is 0.120. The van der Waals surface area contributed by atoms with E-state index in [0.717, 1.165) is 12.0 Å². The van der Waals surface area contributed by atoms with Gasteiger partial charge in [-0.2, -0.15) is 0 Å². The Kier molecular flexibility index (Phi) is 7.86. The Morgan fingerprint density at radius 2 is 2.00 bits per heavy atom. The highest BCUT2D eigenvalue weighted by Crippen LogP contribution is 2.08. The number of hydrogen-bond acceptors (Lipinski definition) is 3. The van der Waals surface area contributed by atoms with Crippen LogP contribution in [-0.2, 0) is 16.1 Å². The number of ether oxygens (including phenoxy) is 1. The van der Waals surface area contributed by atoms with E-state index in [4.69, 9.17) is 9.84 Å². The molecule has 0 radical (unpaired) electrons. The summed E-state index contributed by atoms with van der Waals surface area (Å²) in [5, 5.41) is 8.75. The van der Waals surface area contributed by atoms with Gasteiger partial charge in [-0.05, 0) is 18.4 Å². The van der Waals surface area contributed by atoms with Gasteiger partial charge in [0.15, 0.2) is 0 Å². The molecule has 0 heterocycles. The first-order valence-electron chi connectivity index (χ1n) is 6.69. The number of aliphatic hydroxyl groups excluding tert-OH is 1. The Bertz CT molecular complexity index is 354. The van der Waals surface area contributed by atoms with E-state index in [0.29, 0.717) is 32.5 Å². The summed E-state index contributed by atoms with van der Waals surface area (Å²) < 4.78 is 5.05. The zero-order chi connectivity index (χ0) is 13.9. The molecule has 106 valence electrons. The van der Waals surface area contributed by atoms with Gasteiger partial charge in [0, 0.05) is 33.2 Å². The normalized spacial score (nSPS) is 10.4. The summed E-state index contributed by atoms with van der Waals surface area (Å²) in [7, 11) is 1.64. The van der Waals surface area contributed by atoms with Gasteiger partial charge in [0.05, 0.1) is 6.61 Å². The molecule has 0 aromatic heterocycles. The maximum atomic E-state index is 12.1. The van der Waals surface area contributed by atoms with Crippen molar-refractivity contribution in [1.82, 2.24) is 4.90 Å². The molecule has 0 unspecified atom stereocenters. The topological polar surface area (TPSA) is 49.8 Å². The van der Waals surface area contributed by atoms with Crippen LogP contribution in [0.5, 0.6) is 0 Å². The van der Waals surface area contributed by atoms with Gasteiger partial charge in [-0.15, -0.1) is 0 Å². The van der Waals surface area contributed by atoms with Crippen molar-refractivity contribution in [3.63, 3.8) is 0 Å². The number of methoxy groups -OCH3 is 1. The van der Waals surface area contributed by atoms with E-state index in [1.54, 1.807) is 7.11 Å². The van der Waals surface area contributed by atoms with E-state index >= 15 is 0 Å². The first-order chi connectivity index (χ1) is 9.27. The van der Waals surface area contributed by atoms with Gasteiger partial charge < -0.3 is 14.7 Å². The van der Waals surface area contributed by atoms with E-state index in [-0.39, 0.29) is 12.5 Å². The molecule has 0 aliphatic carbocycles. The monoisotopic (exact) mass is 265 g/mol. The SMILES string of the molecule is COCCN(Cc1ccccc1)C(=O)CCCCO. The van der Waals surface area contributed by atoms with Gasteiger partial charge in [0.1, 0.15) is 0 Å². The highest BCUT2D eigenvalue weighted by atomic mass is 16.5. The second kappa shape index (κ2) is 9.53. The van der Waals surface area contributed by atoms with Gasteiger partial charge in [0.2, 0.25) is 5.91 Å². The van der Waals surface area contributed by atoms with Crippen LogP contribution in [0.3, 0.4) is 0 Å². The molecule has 0 saturated heterocycles. The van der Waals surface area contributed by atoms with Crippen LogP contribution in [0.15, 0.2) is 30.3 Å². The van der Waals surface area contributed by atoms with Crippen molar-refractivity contribution in [2.45, 2.75) is 25.8 Å². The molecule has 4 heteroatoms. The number of benzene rings is 1. The summed E-state index contributed by atoms with van der Waals surface area (Å²) in [6, 6.07) is 9.94. The fraction of sp³-hybridized carbons (Fsp3) is 0.533. The highest BCUT2D eigenvalue weighted by molar-refractivity contribution is 5.76. The van der Waals surface area contributed by atoms with E-state index < -0.39 is 0 Å². The fourth-order valence-electron chi connectivity index (χ4n) is 1.84. The minimum absolute atomic E-state index is 0.120. The molecule has 0 aliphatic rings. The minimum Gasteiger partial charge on any atom is -0.396 e. The average Bonchev–Trinajstić information content (AvgIpc) is 2.44. The summed E-state index contributed by atoms with van der Waals surface area (Å²) in [4.78, 5) is 13.9. The van der Waals surface area contributed by atoms with E-state index in [1.807, 2.05) is 35.2 Å². The van der Waals surface area contributed by atoms with Crippen LogP contribution < -0.4 is 0 Å². The Morgan fingerprint density at radius 3 is 2.63 bits per heavy atom. The third kappa shape index (κ3) is 6.36. The number of aliphatic hydroxyl groups is 1. The van der Waals surface area contributed by atoms with E-state index in [9.17, 15) is 4.79 Å². The molecule has 1 aromatic rings. The number of carbonyl (C=O) groups excluding carboxylic acids is 1. The molecule has 1 N–H and O–H groups in total. The van der Waals surface area contributed by atoms with Crippen LogP contribution in [0.4, 0.5) is 0 Å². The van der Waals surface area contributed by atoms with Crippen molar-refractivity contribution < 1.29 is 14.6 Å². The predicted molar refractivity (Wildman–Crippen MR) is 74.7 cm³/mol. The molecule has 0 spiro atoms. The van der Waals surface area contributed by atoms with Gasteiger partial charge in [-0.3, -0.25) is 4.79 Å². The molecule has 0 fully saturated rings.